The normalized spacial score (nSPS) is 18.9. The molecule has 0 atom stereocenters. The second-order valence-electron chi connectivity index (χ2n) is 2.90. The Balaban J connectivity index is 2.90. The van der Waals surface area contributed by atoms with Crippen LogP contribution < -0.4 is 0 Å². The Hall–Kier alpha value is -1.36. The van der Waals surface area contributed by atoms with E-state index in [0.717, 1.165) is 0 Å². The summed E-state index contributed by atoms with van der Waals surface area (Å²) in [6, 6.07) is 0. The number of rotatable bonds is 3. The molecule has 0 aromatic heterocycles. The third kappa shape index (κ3) is 2.61. The van der Waals surface area contributed by atoms with E-state index in [1.807, 2.05) is 0 Å². The van der Waals surface area contributed by atoms with Crippen LogP contribution in [0.4, 0.5) is 0 Å². The van der Waals surface area contributed by atoms with E-state index in [1.54, 1.807) is 32.9 Å². The van der Waals surface area contributed by atoms with Gasteiger partial charge in [-0.1, -0.05) is 23.9 Å². The van der Waals surface area contributed by atoms with E-state index in [2.05, 4.69) is 4.99 Å². The van der Waals surface area contributed by atoms with Crippen molar-refractivity contribution >= 4 is 28.7 Å². The SMILES string of the molecule is C/C=C1\SC(/C(=C/C)C(=O)OCC)=NC1=O. The van der Waals surface area contributed by atoms with Crippen LogP contribution >= 0.6 is 11.8 Å². The van der Waals surface area contributed by atoms with Gasteiger partial charge in [0, 0.05) is 0 Å². The fourth-order valence-electron chi connectivity index (χ4n) is 1.15. The van der Waals surface area contributed by atoms with E-state index in [0.29, 0.717) is 22.1 Å². The first-order chi connectivity index (χ1) is 7.63. The quantitative estimate of drug-likeness (QED) is 0.559. The van der Waals surface area contributed by atoms with Gasteiger partial charge in [0.2, 0.25) is 0 Å². The molecule has 5 heteroatoms. The summed E-state index contributed by atoms with van der Waals surface area (Å²) in [6.07, 6.45) is 3.29. The first-order valence-corrected chi connectivity index (χ1v) is 5.76. The predicted molar refractivity (Wildman–Crippen MR) is 64.2 cm³/mol. The fraction of sp³-hybridized carbons (Fsp3) is 0.364. The lowest BCUT2D eigenvalue weighted by Crippen LogP contribution is -2.12. The van der Waals surface area contributed by atoms with Crippen LogP contribution in [0.3, 0.4) is 0 Å². The molecule has 1 aliphatic rings. The highest BCUT2D eigenvalue weighted by atomic mass is 32.2. The maximum absolute atomic E-state index is 11.5. The van der Waals surface area contributed by atoms with Crippen LogP contribution in [-0.4, -0.2) is 23.5 Å². The summed E-state index contributed by atoms with van der Waals surface area (Å²) < 4.78 is 4.88. The molecule has 1 heterocycles. The summed E-state index contributed by atoms with van der Waals surface area (Å²) in [4.78, 5) is 27.3. The van der Waals surface area contributed by atoms with Crippen molar-refractivity contribution in [3.8, 4) is 0 Å². The molecule has 0 bridgehead atoms. The lowest BCUT2D eigenvalue weighted by molar-refractivity contribution is -0.137. The van der Waals surface area contributed by atoms with Gasteiger partial charge in [-0.25, -0.2) is 9.79 Å². The molecule has 1 amide bonds. The summed E-state index contributed by atoms with van der Waals surface area (Å²) in [5, 5.41) is 0.416. The van der Waals surface area contributed by atoms with E-state index < -0.39 is 5.97 Å². The van der Waals surface area contributed by atoms with Gasteiger partial charge in [-0.05, 0) is 20.8 Å². The summed E-state index contributed by atoms with van der Waals surface area (Å²) in [6.45, 7) is 5.52. The highest BCUT2D eigenvalue weighted by Gasteiger charge is 2.27. The minimum atomic E-state index is -0.443. The second-order valence-corrected chi connectivity index (χ2v) is 3.93. The number of allylic oxidation sites excluding steroid dienone is 2. The highest BCUT2D eigenvalue weighted by molar-refractivity contribution is 8.19. The van der Waals surface area contributed by atoms with Crippen molar-refractivity contribution in [1.29, 1.82) is 0 Å². The average Bonchev–Trinajstić information content (AvgIpc) is 2.61. The van der Waals surface area contributed by atoms with Crippen LogP contribution in [0.5, 0.6) is 0 Å². The van der Waals surface area contributed by atoms with E-state index in [9.17, 15) is 9.59 Å². The molecule has 0 aromatic rings. The standard InChI is InChI=1S/C11H13NO3S/c1-4-7(11(14)15-6-3)10-12-9(13)8(5-2)16-10/h4-5H,6H2,1-3H3/b7-4-,8-5-. The van der Waals surface area contributed by atoms with Gasteiger partial charge in [0.25, 0.3) is 5.91 Å². The number of hydrogen-bond donors (Lipinski definition) is 0. The molecule has 1 rings (SSSR count). The summed E-state index contributed by atoms with van der Waals surface area (Å²) >= 11 is 1.20. The predicted octanol–water partition coefficient (Wildman–Crippen LogP) is 2.07. The van der Waals surface area contributed by atoms with Gasteiger partial charge in [0.1, 0.15) is 5.04 Å². The smallest absolute Gasteiger partial charge is 0.340 e. The minimum Gasteiger partial charge on any atom is -0.462 e. The number of nitrogens with zero attached hydrogens (tertiary/aromatic N) is 1. The molecular formula is C11H13NO3S. The Morgan fingerprint density at radius 2 is 2.19 bits per heavy atom. The minimum absolute atomic E-state index is 0.300. The molecule has 0 N–H and O–H groups in total. The summed E-state index contributed by atoms with van der Waals surface area (Å²) in [5.74, 6) is -0.743. The van der Waals surface area contributed by atoms with Gasteiger partial charge in [0.05, 0.1) is 17.1 Å². The zero-order valence-corrected chi connectivity index (χ0v) is 10.3. The van der Waals surface area contributed by atoms with Crippen LogP contribution in [0.25, 0.3) is 0 Å². The number of aliphatic imine (C=N–C) groups is 1. The molecule has 0 fully saturated rings. The zero-order valence-electron chi connectivity index (χ0n) is 9.44. The maximum atomic E-state index is 11.5. The van der Waals surface area contributed by atoms with E-state index in [1.165, 1.54) is 11.8 Å². The Labute approximate surface area is 98.5 Å². The fourth-order valence-corrected chi connectivity index (χ4v) is 2.05. The van der Waals surface area contributed by atoms with Crippen molar-refractivity contribution in [3.63, 3.8) is 0 Å². The lowest BCUT2D eigenvalue weighted by Gasteiger charge is -2.04. The number of carbonyl (C=O) groups is 2. The molecule has 0 aliphatic carbocycles. The van der Waals surface area contributed by atoms with Crippen molar-refractivity contribution in [2.45, 2.75) is 20.8 Å². The van der Waals surface area contributed by atoms with Crippen LogP contribution in [-0.2, 0) is 14.3 Å². The Kier molecular flexibility index (Phi) is 4.49. The first kappa shape index (κ1) is 12.7. The number of thioether (sulfide) groups is 1. The van der Waals surface area contributed by atoms with Crippen molar-refractivity contribution in [1.82, 2.24) is 0 Å². The first-order valence-electron chi connectivity index (χ1n) is 4.95. The third-order valence-electron chi connectivity index (χ3n) is 1.90. The van der Waals surface area contributed by atoms with Gasteiger partial charge < -0.3 is 4.74 Å². The zero-order chi connectivity index (χ0) is 12.1. The number of hydrogen-bond acceptors (Lipinski definition) is 4. The molecule has 86 valence electrons. The molecule has 1 aliphatic heterocycles. The molecule has 0 saturated heterocycles. The lowest BCUT2D eigenvalue weighted by atomic mass is 10.3. The van der Waals surface area contributed by atoms with Crippen molar-refractivity contribution < 1.29 is 14.3 Å². The second kappa shape index (κ2) is 5.65. The highest BCUT2D eigenvalue weighted by Crippen LogP contribution is 2.30. The number of amides is 1. The molecule has 16 heavy (non-hydrogen) atoms. The molecular weight excluding hydrogens is 226 g/mol. The Morgan fingerprint density at radius 1 is 1.50 bits per heavy atom. The van der Waals surface area contributed by atoms with Crippen LogP contribution in [0, 0.1) is 0 Å². The van der Waals surface area contributed by atoms with E-state index in [-0.39, 0.29) is 5.91 Å². The Bertz CT molecular complexity index is 407. The molecule has 0 unspecified atom stereocenters. The van der Waals surface area contributed by atoms with Gasteiger partial charge in [-0.15, -0.1) is 0 Å². The van der Waals surface area contributed by atoms with Gasteiger partial charge in [-0.2, -0.15) is 0 Å². The van der Waals surface area contributed by atoms with Crippen LogP contribution in [0.1, 0.15) is 20.8 Å². The number of ether oxygens (including phenoxy) is 1. The van der Waals surface area contributed by atoms with E-state index in [4.69, 9.17) is 4.74 Å². The van der Waals surface area contributed by atoms with Crippen LogP contribution in [0.2, 0.25) is 0 Å². The number of carbonyl (C=O) groups excluding carboxylic acids is 2. The van der Waals surface area contributed by atoms with Crippen LogP contribution in [0.15, 0.2) is 27.6 Å². The molecule has 4 nitrogen and oxygen atoms in total. The van der Waals surface area contributed by atoms with Gasteiger partial charge >= 0.3 is 5.97 Å². The third-order valence-corrected chi connectivity index (χ3v) is 3.03. The Morgan fingerprint density at radius 3 is 2.62 bits per heavy atom. The molecule has 0 aromatic carbocycles. The van der Waals surface area contributed by atoms with Gasteiger partial charge in [-0.3, -0.25) is 4.79 Å². The maximum Gasteiger partial charge on any atom is 0.340 e. The number of esters is 1. The molecule has 0 radical (unpaired) electrons. The van der Waals surface area contributed by atoms with Crippen molar-refractivity contribution in [3.05, 3.63) is 22.6 Å². The monoisotopic (exact) mass is 239 g/mol. The summed E-state index contributed by atoms with van der Waals surface area (Å²) in [5.41, 5.74) is 0.344. The summed E-state index contributed by atoms with van der Waals surface area (Å²) in [7, 11) is 0. The largest absolute Gasteiger partial charge is 0.462 e. The van der Waals surface area contributed by atoms with E-state index >= 15 is 0 Å². The topological polar surface area (TPSA) is 55.7 Å². The van der Waals surface area contributed by atoms with Crippen molar-refractivity contribution in [2.24, 2.45) is 4.99 Å². The average molecular weight is 239 g/mol. The molecule has 0 saturated carbocycles. The van der Waals surface area contributed by atoms with Gasteiger partial charge in [0.15, 0.2) is 0 Å². The van der Waals surface area contributed by atoms with Crippen molar-refractivity contribution in [2.75, 3.05) is 6.61 Å². The molecule has 0 spiro atoms.